The van der Waals surface area contributed by atoms with Crippen molar-refractivity contribution in [3.05, 3.63) is 80.6 Å². The van der Waals surface area contributed by atoms with Crippen molar-refractivity contribution < 1.29 is 9.53 Å². The molecule has 1 aliphatic heterocycles. The summed E-state index contributed by atoms with van der Waals surface area (Å²) in [5.41, 5.74) is 2.39. The van der Waals surface area contributed by atoms with Gasteiger partial charge in [0.2, 0.25) is 0 Å². The molecule has 23 heavy (non-hydrogen) atoms. The molecule has 4 heterocycles. The Morgan fingerprint density at radius 1 is 0.957 bits per heavy atom. The SMILES string of the molecule is O=C1OC(=Cc2cccnc2)C(c2cccs2)=C1c1cccs1. The second-order valence-corrected chi connectivity index (χ2v) is 6.78. The fraction of sp³-hybridized carbons (Fsp3) is 0. The number of carbonyl (C=O) groups is 1. The third-order valence-corrected chi connectivity index (χ3v) is 5.20. The molecule has 0 saturated carbocycles. The minimum atomic E-state index is -0.300. The van der Waals surface area contributed by atoms with Crippen molar-refractivity contribution in [2.45, 2.75) is 0 Å². The molecule has 0 aliphatic carbocycles. The number of allylic oxidation sites excluding steroid dienone is 1. The van der Waals surface area contributed by atoms with Crippen molar-refractivity contribution in [3.63, 3.8) is 0 Å². The van der Waals surface area contributed by atoms with Crippen molar-refractivity contribution in [1.29, 1.82) is 0 Å². The number of pyridine rings is 1. The van der Waals surface area contributed by atoms with Crippen molar-refractivity contribution in [2.75, 3.05) is 0 Å². The second kappa shape index (κ2) is 5.95. The lowest BCUT2D eigenvalue weighted by Gasteiger charge is -2.02. The fourth-order valence-corrected chi connectivity index (χ4v) is 4.00. The van der Waals surface area contributed by atoms with Gasteiger partial charge in [0.15, 0.2) is 0 Å². The molecule has 0 radical (unpaired) electrons. The van der Waals surface area contributed by atoms with Gasteiger partial charge in [-0.15, -0.1) is 22.7 Å². The van der Waals surface area contributed by atoms with Gasteiger partial charge in [-0.25, -0.2) is 4.79 Å². The third-order valence-electron chi connectivity index (χ3n) is 3.42. The van der Waals surface area contributed by atoms with Gasteiger partial charge in [0.05, 0.1) is 11.1 Å². The molecule has 0 atom stereocenters. The molecule has 1 aliphatic rings. The normalized spacial score (nSPS) is 16.2. The van der Waals surface area contributed by atoms with E-state index < -0.39 is 0 Å². The predicted octanol–water partition coefficient (Wildman–Crippen LogP) is 4.71. The standard InChI is InChI=1S/C18H11NO2S2/c20-18-17(15-6-3-9-23-15)16(14-5-2-8-22-14)13(21-18)10-12-4-1-7-19-11-12/h1-11H. The van der Waals surface area contributed by atoms with Crippen LogP contribution in [0.3, 0.4) is 0 Å². The number of esters is 1. The molecule has 3 aromatic heterocycles. The Bertz CT molecular complexity index is 892. The number of nitrogens with zero attached hydrogens (tertiary/aromatic N) is 1. The van der Waals surface area contributed by atoms with E-state index in [-0.39, 0.29) is 5.97 Å². The number of carbonyl (C=O) groups excluding carboxylic acids is 1. The van der Waals surface area contributed by atoms with Crippen LogP contribution in [0.5, 0.6) is 0 Å². The first-order chi connectivity index (χ1) is 11.3. The Labute approximate surface area is 141 Å². The van der Waals surface area contributed by atoms with Gasteiger partial charge in [-0.1, -0.05) is 18.2 Å². The third kappa shape index (κ3) is 2.65. The Morgan fingerprint density at radius 3 is 2.30 bits per heavy atom. The number of thiophene rings is 2. The highest BCUT2D eigenvalue weighted by Gasteiger charge is 2.33. The molecule has 0 aromatic carbocycles. The Balaban J connectivity index is 1.91. The van der Waals surface area contributed by atoms with E-state index in [0.29, 0.717) is 11.3 Å². The first-order valence-electron chi connectivity index (χ1n) is 6.99. The van der Waals surface area contributed by atoms with Crippen LogP contribution in [-0.2, 0) is 9.53 Å². The zero-order valence-electron chi connectivity index (χ0n) is 11.9. The van der Waals surface area contributed by atoms with Crippen LogP contribution in [0.2, 0.25) is 0 Å². The summed E-state index contributed by atoms with van der Waals surface area (Å²) in [6.45, 7) is 0. The monoisotopic (exact) mass is 337 g/mol. The molecular weight excluding hydrogens is 326 g/mol. The van der Waals surface area contributed by atoms with Crippen LogP contribution < -0.4 is 0 Å². The average Bonchev–Trinajstić information content (AvgIpc) is 3.28. The summed E-state index contributed by atoms with van der Waals surface area (Å²) in [6.07, 6.45) is 5.33. The van der Waals surface area contributed by atoms with E-state index in [4.69, 9.17) is 4.74 Å². The van der Waals surface area contributed by atoms with Crippen LogP contribution in [0.25, 0.3) is 17.2 Å². The Hall–Kier alpha value is -2.50. The molecule has 4 rings (SSSR count). The first kappa shape index (κ1) is 14.1. The average molecular weight is 337 g/mol. The van der Waals surface area contributed by atoms with Crippen LogP contribution in [0, 0.1) is 0 Å². The van der Waals surface area contributed by atoms with E-state index in [1.165, 1.54) is 11.3 Å². The molecule has 3 nitrogen and oxygen atoms in total. The molecular formula is C18H11NO2S2. The molecule has 0 amide bonds. The molecule has 0 N–H and O–H groups in total. The van der Waals surface area contributed by atoms with Gasteiger partial charge in [0.25, 0.3) is 0 Å². The summed E-state index contributed by atoms with van der Waals surface area (Å²) in [7, 11) is 0. The highest BCUT2D eigenvalue weighted by molar-refractivity contribution is 7.12. The van der Waals surface area contributed by atoms with Crippen LogP contribution >= 0.6 is 22.7 Å². The lowest BCUT2D eigenvalue weighted by molar-refractivity contribution is -0.131. The van der Waals surface area contributed by atoms with Crippen molar-refractivity contribution in [2.24, 2.45) is 0 Å². The van der Waals surface area contributed by atoms with Gasteiger partial charge in [-0.2, -0.15) is 0 Å². The maximum atomic E-state index is 12.5. The van der Waals surface area contributed by atoms with E-state index >= 15 is 0 Å². The van der Waals surface area contributed by atoms with Gasteiger partial charge < -0.3 is 4.74 Å². The van der Waals surface area contributed by atoms with E-state index in [0.717, 1.165) is 20.9 Å². The molecule has 112 valence electrons. The van der Waals surface area contributed by atoms with Gasteiger partial charge in [-0.3, -0.25) is 4.98 Å². The van der Waals surface area contributed by atoms with E-state index in [1.807, 2.05) is 53.2 Å². The number of aromatic nitrogens is 1. The van der Waals surface area contributed by atoms with Crippen molar-refractivity contribution in [3.8, 4) is 0 Å². The predicted molar refractivity (Wildman–Crippen MR) is 93.8 cm³/mol. The minimum absolute atomic E-state index is 0.300. The van der Waals surface area contributed by atoms with E-state index in [9.17, 15) is 4.79 Å². The molecule has 0 saturated heterocycles. The molecule has 0 spiro atoms. The van der Waals surface area contributed by atoms with Crippen LogP contribution in [0.15, 0.2) is 65.3 Å². The van der Waals surface area contributed by atoms with E-state index in [1.54, 1.807) is 23.7 Å². The zero-order valence-corrected chi connectivity index (χ0v) is 13.6. The Kier molecular flexibility index (Phi) is 3.65. The van der Waals surface area contributed by atoms with Gasteiger partial charge in [0, 0.05) is 22.1 Å². The highest BCUT2D eigenvalue weighted by Crippen LogP contribution is 2.43. The van der Waals surface area contributed by atoms with Crippen LogP contribution in [0.1, 0.15) is 15.3 Å². The van der Waals surface area contributed by atoms with Gasteiger partial charge in [-0.05, 0) is 40.6 Å². The lowest BCUT2D eigenvalue weighted by Crippen LogP contribution is -1.96. The molecule has 3 aromatic rings. The molecule has 5 heteroatoms. The topological polar surface area (TPSA) is 39.2 Å². The number of ether oxygens (including phenoxy) is 1. The van der Waals surface area contributed by atoms with Gasteiger partial charge in [0.1, 0.15) is 5.76 Å². The summed E-state index contributed by atoms with van der Waals surface area (Å²) in [5.74, 6) is 0.278. The summed E-state index contributed by atoms with van der Waals surface area (Å²) >= 11 is 3.14. The van der Waals surface area contributed by atoms with Crippen molar-refractivity contribution in [1.82, 2.24) is 4.98 Å². The van der Waals surface area contributed by atoms with Gasteiger partial charge >= 0.3 is 5.97 Å². The van der Waals surface area contributed by atoms with E-state index in [2.05, 4.69) is 4.98 Å². The highest BCUT2D eigenvalue weighted by atomic mass is 32.1. The number of hydrogen-bond donors (Lipinski definition) is 0. The maximum Gasteiger partial charge on any atom is 0.345 e. The summed E-state index contributed by atoms with van der Waals surface area (Å²) < 4.78 is 5.57. The molecule has 0 unspecified atom stereocenters. The van der Waals surface area contributed by atoms with Crippen LogP contribution in [-0.4, -0.2) is 11.0 Å². The molecule has 0 bridgehead atoms. The number of rotatable bonds is 3. The smallest absolute Gasteiger partial charge is 0.345 e. The summed E-state index contributed by atoms with van der Waals surface area (Å²) in [4.78, 5) is 18.5. The largest absolute Gasteiger partial charge is 0.422 e. The molecule has 0 fully saturated rings. The second-order valence-electron chi connectivity index (χ2n) is 4.89. The van der Waals surface area contributed by atoms with Crippen molar-refractivity contribution >= 4 is 45.9 Å². The maximum absolute atomic E-state index is 12.5. The van der Waals surface area contributed by atoms with Crippen LogP contribution in [0.4, 0.5) is 0 Å². The Morgan fingerprint density at radius 2 is 1.70 bits per heavy atom. The summed E-state index contributed by atoms with van der Waals surface area (Å²) in [5, 5.41) is 3.96. The summed E-state index contributed by atoms with van der Waals surface area (Å²) in [6, 6.07) is 11.7. The number of cyclic esters (lactones) is 1. The minimum Gasteiger partial charge on any atom is -0.422 e. The number of hydrogen-bond acceptors (Lipinski definition) is 5. The fourth-order valence-electron chi connectivity index (χ4n) is 2.45. The quantitative estimate of drug-likeness (QED) is 0.650. The zero-order chi connectivity index (χ0) is 15.6. The first-order valence-corrected chi connectivity index (χ1v) is 8.75. The lowest BCUT2D eigenvalue weighted by atomic mass is 10.0.